The standard InChI is InChI=1S/C8H17NO2S/c1-2-3-4-5-6-7-8-12(9,10)11/h2H,1,3-8H2,(H2,9,10,11). The van der Waals surface area contributed by atoms with Crippen LogP contribution in [-0.2, 0) is 10.0 Å². The van der Waals surface area contributed by atoms with Gasteiger partial charge < -0.3 is 0 Å². The van der Waals surface area contributed by atoms with Crippen LogP contribution in [0.2, 0.25) is 0 Å². The summed E-state index contributed by atoms with van der Waals surface area (Å²) < 4.78 is 21.0. The van der Waals surface area contributed by atoms with Gasteiger partial charge in [-0.2, -0.15) is 0 Å². The first kappa shape index (κ1) is 11.6. The van der Waals surface area contributed by atoms with Gasteiger partial charge in [-0.05, 0) is 19.3 Å². The smallest absolute Gasteiger partial charge is 0.209 e. The normalized spacial score (nSPS) is 11.4. The van der Waals surface area contributed by atoms with Gasteiger partial charge in [0.1, 0.15) is 0 Å². The summed E-state index contributed by atoms with van der Waals surface area (Å²) in [5.41, 5.74) is 0. The van der Waals surface area contributed by atoms with Gasteiger partial charge in [-0.15, -0.1) is 6.58 Å². The van der Waals surface area contributed by atoms with Crippen LogP contribution in [0.4, 0.5) is 0 Å². The highest BCUT2D eigenvalue weighted by atomic mass is 32.2. The number of sulfonamides is 1. The summed E-state index contributed by atoms with van der Waals surface area (Å²) in [5, 5.41) is 4.83. The van der Waals surface area contributed by atoms with E-state index in [2.05, 4.69) is 6.58 Å². The number of hydrogen-bond donors (Lipinski definition) is 1. The second kappa shape index (κ2) is 6.20. The van der Waals surface area contributed by atoms with Crippen molar-refractivity contribution in [2.75, 3.05) is 5.75 Å². The molecule has 12 heavy (non-hydrogen) atoms. The highest BCUT2D eigenvalue weighted by Crippen LogP contribution is 2.03. The Bertz CT molecular complexity index is 209. The lowest BCUT2D eigenvalue weighted by Crippen LogP contribution is -2.16. The van der Waals surface area contributed by atoms with Crippen LogP contribution in [0.3, 0.4) is 0 Å². The molecule has 0 amide bonds. The fourth-order valence-electron chi connectivity index (χ4n) is 0.945. The van der Waals surface area contributed by atoms with Crippen molar-refractivity contribution >= 4 is 10.0 Å². The summed E-state index contributed by atoms with van der Waals surface area (Å²) in [5.74, 6) is 0.112. The van der Waals surface area contributed by atoms with Gasteiger partial charge in [0.25, 0.3) is 0 Å². The van der Waals surface area contributed by atoms with Gasteiger partial charge in [-0.1, -0.05) is 18.9 Å². The zero-order chi connectivity index (χ0) is 9.45. The molecule has 0 atom stereocenters. The third-order valence-corrected chi connectivity index (χ3v) is 2.44. The summed E-state index contributed by atoms with van der Waals surface area (Å²) in [6.45, 7) is 3.60. The summed E-state index contributed by atoms with van der Waals surface area (Å²) in [6.07, 6.45) is 6.64. The zero-order valence-corrected chi connectivity index (χ0v) is 8.15. The molecule has 0 aliphatic carbocycles. The van der Waals surface area contributed by atoms with E-state index in [1.165, 1.54) is 0 Å². The Kier molecular flexibility index (Phi) is 6.02. The Morgan fingerprint density at radius 1 is 1.17 bits per heavy atom. The molecule has 72 valence electrons. The molecule has 0 aliphatic heterocycles. The largest absolute Gasteiger partial charge is 0.229 e. The van der Waals surface area contributed by atoms with Crippen molar-refractivity contribution in [2.24, 2.45) is 5.14 Å². The fourth-order valence-corrected chi connectivity index (χ4v) is 1.55. The highest BCUT2D eigenvalue weighted by Gasteiger charge is 2.00. The van der Waals surface area contributed by atoms with E-state index in [9.17, 15) is 8.42 Å². The van der Waals surface area contributed by atoms with Crippen LogP contribution in [0.25, 0.3) is 0 Å². The summed E-state index contributed by atoms with van der Waals surface area (Å²) >= 11 is 0. The molecule has 0 radical (unpaired) electrons. The summed E-state index contributed by atoms with van der Waals surface area (Å²) in [6, 6.07) is 0. The van der Waals surface area contributed by atoms with Gasteiger partial charge in [0, 0.05) is 0 Å². The molecule has 4 heteroatoms. The molecule has 0 spiro atoms. The van der Waals surface area contributed by atoms with Gasteiger partial charge in [-0.3, -0.25) is 0 Å². The Hall–Kier alpha value is -0.350. The van der Waals surface area contributed by atoms with Crippen LogP contribution in [-0.4, -0.2) is 14.2 Å². The molecule has 0 saturated carbocycles. The van der Waals surface area contributed by atoms with Gasteiger partial charge in [0.05, 0.1) is 5.75 Å². The lowest BCUT2D eigenvalue weighted by molar-refractivity contribution is 0.589. The predicted octanol–water partition coefficient (Wildman–Crippen LogP) is 1.41. The molecular weight excluding hydrogens is 174 g/mol. The van der Waals surface area contributed by atoms with Crippen LogP contribution in [0, 0.1) is 0 Å². The SMILES string of the molecule is C=CCCCCCCS(N)(=O)=O. The average molecular weight is 191 g/mol. The number of nitrogens with two attached hydrogens (primary N) is 1. The van der Waals surface area contributed by atoms with E-state index in [4.69, 9.17) is 5.14 Å². The van der Waals surface area contributed by atoms with E-state index in [1.54, 1.807) is 0 Å². The molecular formula is C8H17NO2S. The molecule has 0 aromatic carbocycles. The van der Waals surface area contributed by atoms with Gasteiger partial charge in [0.2, 0.25) is 10.0 Å². The number of allylic oxidation sites excluding steroid dienone is 1. The third-order valence-electron chi connectivity index (χ3n) is 1.59. The quantitative estimate of drug-likeness (QED) is 0.488. The number of rotatable bonds is 7. The van der Waals surface area contributed by atoms with Crippen molar-refractivity contribution in [3.8, 4) is 0 Å². The van der Waals surface area contributed by atoms with E-state index in [0.717, 1.165) is 25.7 Å². The maximum absolute atomic E-state index is 10.5. The minimum atomic E-state index is -3.24. The van der Waals surface area contributed by atoms with Crippen LogP contribution in [0.1, 0.15) is 32.1 Å². The molecule has 0 rings (SSSR count). The van der Waals surface area contributed by atoms with Crippen molar-refractivity contribution in [1.29, 1.82) is 0 Å². The van der Waals surface area contributed by atoms with Crippen LogP contribution in [0.5, 0.6) is 0 Å². The first-order valence-electron chi connectivity index (χ1n) is 4.17. The Balaban J connectivity index is 3.17. The minimum absolute atomic E-state index is 0.112. The first-order chi connectivity index (χ1) is 5.56. The zero-order valence-electron chi connectivity index (χ0n) is 7.33. The Morgan fingerprint density at radius 2 is 1.75 bits per heavy atom. The lowest BCUT2D eigenvalue weighted by Gasteiger charge is -1.97. The van der Waals surface area contributed by atoms with E-state index < -0.39 is 10.0 Å². The Morgan fingerprint density at radius 3 is 2.25 bits per heavy atom. The average Bonchev–Trinajstić information content (AvgIpc) is 1.94. The monoisotopic (exact) mass is 191 g/mol. The van der Waals surface area contributed by atoms with E-state index >= 15 is 0 Å². The van der Waals surface area contributed by atoms with Crippen LogP contribution in [0.15, 0.2) is 12.7 Å². The first-order valence-corrected chi connectivity index (χ1v) is 5.89. The fraction of sp³-hybridized carbons (Fsp3) is 0.750. The summed E-state index contributed by atoms with van der Waals surface area (Å²) in [7, 11) is -3.24. The molecule has 3 nitrogen and oxygen atoms in total. The summed E-state index contributed by atoms with van der Waals surface area (Å²) in [4.78, 5) is 0. The number of unbranched alkanes of at least 4 members (excludes halogenated alkanes) is 4. The highest BCUT2D eigenvalue weighted by molar-refractivity contribution is 7.89. The minimum Gasteiger partial charge on any atom is -0.229 e. The maximum Gasteiger partial charge on any atom is 0.209 e. The molecule has 0 bridgehead atoms. The van der Waals surface area contributed by atoms with E-state index in [-0.39, 0.29) is 5.75 Å². The second-order valence-corrected chi connectivity index (χ2v) is 4.59. The predicted molar refractivity (Wildman–Crippen MR) is 51.3 cm³/mol. The van der Waals surface area contributed by atoms with Crippen molar-refractivity contribution in [3.05, 3.63) is 12.7 Å². The van der Waals surface area contributed by atoms with Crippen LogP contribution >= 0.6 is 0 Å². The second-order valence-electron chi connectivity index (χ2n) is 2.86. The number of primary sulfonamides is 1. The maximum atomic E-state index is 10.5. The van der Waals surface area contributed by atoms with Gasteiger partial charge in [-0.25, -0.2) is 13.6 Å². The van der Waals surface area contributed by atoms with Crippen LogP contribution < -0.4 is 5.14 Å². The van der Waals surface area contributed by atoms with E-state index in [1.807, 2.05) is 6.08 Å². The molecule has 0 saturated heterocycles. The number of hydrogen-bond acceptors (Lipinski definition) is 2. The lowest BCUT2D eigenvalue weighted by atomic mass is 10.2. The van der Waals surface area contributed by atoms with Crippen molar-refractivity contribution in [3.63, 3.8) is 0 Å². The molecule has 0 aromatic heterocycles. The molecule has 0 aliphatic rings. The van der Waals surface area contributed by atoms with Gasteiger partial charge >= 0.3 is 0 Å². The molecule has 0 unspecified atom stereocenters. The molecule has 0 aromatic rings. The third kappa shape index (κ3) is 9.65. The topological polar surface area (TPSA) is 60.2 Å². The molecule has 0 fully saturated rings. The van der Waals surface area contributed by atoms with Crippen molar-refractivity contribution in [1.82, 2.24) is 0 Å². The Labute approximate surface area is 74.7 Å². The van der Waals surface area contributed by atoms with Gasteiger partial charge in [0.15, 0.2) is 0 Å². The van der Waals surface area contributed by atoms with Crippen molar-refractivity contribution in [2.45, 2.75) is 32.1 Å². The molecule has 2 N–H and O–H groups in total. The molecule has 0 heterocycles. The van der Waals surface area contributed by atoms with E-state index in [0.29, 0.717) is 6.42 Å². The van der Waals surface area contributed by atoms with Crippen molar-refractivity contribution < 1.29 is 8.42 Å².